The molecule has 0 saturated heterocycles. The molecule has 106 valence electrons. The topological polar surface area (TPSA) is 61.5 Å². The number of hydrogen-bond acceptors (Lipinski definition) is 4. The maximum absolute atomic E-state index is 12.0. The van der Waals surface area contributed by atoms with Crippen LogP contribution in [-0.2, 0) is 4.74 Å². The van der Waals surface area contributed by atoms with Crippen LogP contribution in [0.25, 0.3) is 0 Å². The van der Waals surface area contributed by atoms with Gasteiger partial charge in [0.15, 0.2) is 0 Å². The van der Waals surface area contributed by atoms with E-state index in [4.69, 9.17) is 26.8 Å². The SMILES string of the molecule is COc1cc(N)c(Cl)cc1C(=O)OCCC(C)(C)C. The number of carbonyl (C=O) groups is 1. The van der Waals surface area contributed by atoms with Crippen molar-refractivity contribution >= 4 is 23.3 Å². The van der Waals surface area contributed by atoms with Crippen LogP contribution in [-0.4, -0.2) is 19.7 Å². The quantitative estimate of drug-likeness (QED) is 0.679. The van der Waals surface area contributed by atoms with Gasteiger partial charge in [-0.2, -0.15) is 0 Å². The summed E-state index contributed by atoms with van der Waals surface area (Å²) in [4.78, 5) is 12.0. The Balaban J connectivity index is 2.79. The van der Waals surface area contributed by atoms with Crippen molar-refractivity contribution in [1.29, 1.82) is 0 Å². The lowest BCUT2D eigenvalue weighted by Gasteiger charge is -2.18. The van der Waals surface area contributed by atoms with E-state index in [2.05, 4.69) is 20.8 Å². The fraction of sp³-hybridized carbons (Fsp3) is 0.500. The van der Waals surface area contributed by atoms with E-state index in [0.29, 0.717) is 23.1 Å². The van der Waals surface area contributed by atoms with Crippen LogP contribution in [0.3, 0.4) is 0 Å². The zero-order chi connectivity index (χ0) is 14.6. The van der Waals surface area contributed by atoms with E-state index >= 15 is 0 Å². The summed E-state index contributed by atoms with van der Waals surface area (Å²) in [6.45, 7) is 6.61. The molecule has 0 saturated carbocycles. The predicted molar refractivity (Wildman–Crippen MR) is 76.8 cm³/mol. The summed E-state index contributed by atoms with van der Waals surface area (Å²) in [5, 5.41) is 0.309. The predicted octanol–water partition coefficient (Wildman–Crippen LogP) is 3.52. The molecule has 19 heavy (non-hydrogen) atoms. The fourth-order valence-corrected chi connectivity index (χ4v) is 1.59. The number of esters is 1. The Morgan fingerprint density at radius 1 is 1.37 bits per heavy atom. The maximum atomic E-state index is 12.0. The molecular formula is C14H20ClNO3. The Morgan fingerprint density at radius 3 is 2.53 bits per heavy atom. The molecular weight excluding hydrogens is 266 g/mol. The van der Waals surface area contributed by atoms with Crippen LogP contribution in [0.2, 0.25) is 5.02 Å². The largest absolute Gasteiger partial charge is 0.496 e. The van der Waals surface area contributed by atoms with Crippen LogP contribution >= 0.6 is 11.6 Å². The van der Waals surface area contributed by atoms with Crippen molar-refractivity contribution in [2.75, 3.05) is 19.5 Å². The molecule has 0 aliphatic heterocycles. The molecule has 2 N–H and O–H groups in total. The van der Waals surface area contributed by atoms with E-state index < -0.39 is 5.97 Å². The summed E-state index contributed by atoms with van der Waals surface area (Å²) < 4.78 is 10.3. The molecule has 1 aromatic carbocycles. The molecule has 1 aromatic rings. The second-order valence-corrected chi connectivity index (χ2v) is 5.93. The van der Waals surface area contributed by atoms with Gasteiger partial charge in [0.25, 0.3) is 0 Å². The molecule has 0 aliphatic rings. The van der Waals surface area contributed by atoms with Crippen molar-refractivity contribution in [3.05, 3.63) is 22.7 Å². The Kier molecular flexibility index (Phi) is 5.06. The number of hydrogen-bond donors (Lipinski definition) is 1. The molecule has 0 aliphatic carbocycles. The molecule has 0 fully saturated rings. The molecule has 0 aromatic heterocycles. The summed E-state index contributed by atoms with van der Waals surface area (Å²) in [6, 6.07) is 2.98. The molecule has 4 nitrogen and oxygen atoms in total. The minimum Gasteiger partial charge on any atom is -0.496 e. The molecule has 0 atom stereocenters. The van der Waals surface area contributed by atoms with Crippen molar-refractivity contribution in [3.8, 4) is 5.75 Å². The first-order chi connectivity index (χ1) is 8.74. The first-order valence-corrected chi connectivity index (χ1v) is 6.42. The third-order valence-corrected chi connectivity index (χ3v) is 2.95. The second kappa shape index (κ2) is 6.15. The number of methoxy groups -OCH3 is 1. The van der Waals surface area contributed by atoms with E-state index in [-0.39, 0.29) is 11.0 Å². The van der Waals surface area contributed by atoms with Gasteiger partial charge >= 0.3 is 5.97 Å². The zero-order valence-electron chi connectivity index (χ0n) is 11.7. The Bertz CT molecular complexity index is 466. The highest BCUT2D eigenvalue weighted by Crippen LogP contribution is 2.29. The lowest BCUT2D eigenvalue weighted by atomic mass is 9.93. The second-order valence-electron chi connectivity index (χ2n) is 5.52. The summed E-state index contributed by atoms with van der Waals surface area (Å²) in [5.74, 6) is -0.0920. The van der Waals surface area contributed by atoms with E-state index in [9.17, 15) is 4.79 Å². The van der Waals surface area contributed by atoms with Crippen LogP contribution in [0.4, 0.5) is 5.69 Å². The smallest absolute Gasteiger partial charge is 0.341 e. The highest BCUT2D eigenvalue weighted by Gasteiger charge is 2.17. The van der Waals surface area contributed by atoms with Crippen molar-refractivity contribution in [3.63, 3.8) is 0 Å². The summed E-state index contributed by atoms with van der Waals surface area (Å²) in [6.07, 6.45) is 0.782. The third kappa shape index (κ3) is 4.63. The van der Waals surface area contributed by atoms with Crippen molar-refractivity contribution < 1.29 is 14.3 Å². The van der Waals surface area contributed by atoms with Crippen molar-refractivity contribution in [2.24, 2.45) is 5.41 Å². The molecule has 0 spiro atoms. The summed E-state index contributed by atoms with van der Waals surface area (Å²) in [5.41, 5.74) is 6.43. The lowest BCUT2D eigenvalue weighted by molar-refractivity contribution is 0.0461. The van der Waals surface area contributed by atoms with Gasteiger partial charge in [-0.15, -0.1) is 0 Å². The number of halogens is 1. The molecule has 0 unspecified atom stereocenters. The van der Waals surface area contributed by atoms with Gasteiger partial charge in [0, 0.05) is 6.07 Å². The first-order valence-electron chi connectivity index (χ1n) is 6.05. The van der Waals surface area contributed by atoms with Gasteiger partial charge in [-0.25, -0.2) is 4.79 Å². The molecule has 0 radical (unpaired) electrons. The minimum atomic E-state index is -0.456. The van der Waals surface area contributed by atoms with E-state index in [1.165, 1.54) is 19.2 Å². The number of rotatable bonds is 4. The van der Waals surface area contributed by atoms with Crippen molar-refractivity contribution in [1.82, 2.24) is 0 Å². The van der Waals surface area contributed by atoms with Gasteiger partial charge in [0.1, 0.15) is 11.3 Å². The highest BCUT2D eigenvalue weighted by atomic mass is 35.5. The van der Waals surface area contributed by atoms with Crippen LogP contribution < -0.4 is 10.5 Å². The van der Waals surface area contributed by atoms with Crippen molar-refractivity contribution in [2.45, 2.75) is 27.2 Å². The number of carbonyl (C=O) groups excluding carboxylic acids is 1. The van der Waals surface area contributed by atoms with Crippen LogP contribution in [0.1, 0.15) is 37.6 Å². The average Bonchev–Trinajstić information content (AvgIpc) is 2.30. The number of nitrogens with two attached hydrogens (primary N) is 1. The van der Waals surface area contributed by atoms with Gasteiger partial charge in [-0.3, -0.25) is 0 Å². The minimum absolute atomic E-state index is 0.114. The molecule has 5 heteroatoms. The van der Waals surface area contributed by atoms with Gasteiger partial charge < -0.3 is 15.2 Å². The lowest BCUT2D eigenvalue weighted by Crippen LogP contribution is -2.14. The van der Waals surface area contributed by atoms with Crippen LogP contribution in [0.15, 0.2) is 12.1 Å². The number of anilines is 1. The Labute approximate surface area is 118 Å². The Morgan fingerprint density at radius 2 is 2.00 bits per heavy atom. The van der Waals surface area contributed by atoms with Crippen LogP contribution in [0.5, 0.6) is 5.75 Å². The van der Waals surface area contributed by atoms with Gasteiger partial charge in [0.05, 0.1) is 24.4 Å². The Hall–Kier alpha value is -1.42. The summed E-state index contributed by atoms with van der Waals surface area (Å²) in [7, 11) is 1.47. The summed E-state index contributed by atoms with van der Waals surface area (Å²) >= 11 is 5.91. The number of ether oxygens (including phenoxy) is 2. The standard InChI is InChI=1S/C14H20ClNO3/c1-14(2,3)5-6-19-13(17)9-7-10(15)11(16)8-12(9)18-4/h7-8H,5-6,16H2,1-4H3. The molecule has 1 rings (SSSR count). The van der Waals surface area contributed by atoms with E-state index in [1.54, 1.807) is 0 Å². The normalized spacial score (nSPS) is 11.2. The molecule has 0 bridgehead atoms. The van der Waals surface area contributed by atoms with Gasteiger partial charge in [-0.05, 0) is 17.9 Å². The number of nitrogen functional groups attached to an aromatic ring is 1. The first kappa shape index (κ1) is 15.6. The maximum Gasteiger partial charge on any atom is 0.341 e. The van der Waals surface area contributed by atoms with E-state index in [1.807, 2.05) is 0 Å². The molecule has 0 heterocycles. The van der Waals surface area contributed by atoms with Gasteiger partial charge in [0.2, 0.25) is 0 Å². The molecule has 0 amide bonds. The van der Waals surface area contributed by atoms with Crippen LogP contribution in [0, 0.1) is 5.41 Å². The number of benzene rings is 1. The van der Waals surface area contributed by atoms with E-state index in [0.717, 1.165) is 6.42 Å². The highest BCUT2D eigenvalue weighted by molar-refractivity contribution is 6.33. The fourth-order valence-electron chi connectivity index (χ4n) is 1.43. The monoisotopic (exact) mass is 285 g/mol. The average molecular weight is 286 g/mol. The zero-order valence-corrected chi connectivity index (χ0v) is 12.5. The third-order valence-electron chi connectivity index (χ3n) is 2.62. The van der Waals surface area contributed by atoms with Gasteiger partial charge in [-0.1, -0.05) is 32.4 Å².